The lowest BCUT2D eigenvalue weighted by Crippen LogP contribution is -1.99. The molecule has 3 rings (SSSR count). The molecule has 0 aliphatic carbocycles. The summed E-state index contributed by atoms with van der Waals surface area (Å²) < 4.78 is 0. The van der Waals surface area contributed by atoms with E-state index in [1.807, 2.05) is 49.4 Å². The predicted octanol–water partition coefficient (Wildman–Crippen LogP) is 6.30. The molecule has 0 fully saturated rings. The van der Waals surface area contributed by atoms with Gasteiger partial charge in [0.1, 0.15) is 0 Å². The van der Waals surface area contributed by atoms with Crippen LogP contribution in [-0.4, -0.2) is 11.7 Å². The fourth-order valence-corrected chi connectivity index (χ4v) is 3.31. The fraction of sp³-hybridized carbons (Fsp3) is 0.0833. The molecule has 0 heterocycles. The van der Waals surface area contributed by atoms with Gasteiger partial charge in [-0.15, -0.1) is 0 Å². The van der Waals surface area contributed by atoms with Gasteiger partial charge in [-0.3, -0.25) is 0 Å². The summed E-state index contributed by atoms with van der Waals surface area (Å²) in [6.45, 7) is 3.14. The van der Waals surface area contributed by atoms with Gasteiger partial charge in [-0.05, 0) is 47.9 Å². The number of carbonyl (C=O) groups is 1. The topological polar surface area (TPSA) is 38.7 Å². The first-order valence-electron chi connectivity index (χ1n) is 8.94. The highest BCUT2D eigenvalue weighted by molar-refractivity contribution is 7.99. The van der Waals surface area contributed by atoms with E-state index in [-0.39, 0.29) is 0 Å². The quantitative estimate of drug-likeness (QED) is 0.216. The van der Waals surface area contributed by atoms with Gasteiger partial charge in [-0.25, -0.2) is 4.79 Å². The highest BCUT2D eigenvalue weighted by Gasteiger charge is 2.02. The Bertz CT molecular complexity index is 975. The van der Waals surface area contributed by atoms with E-state index in [0.717, 1.165) is 10.5 Å². The second-order valence-electron chi connectivity index (χ2n) is 6.20. The van der Waals surface area contributed by atoms with E-state index < -0.39 is 5.97 Å². The van der Waals surface area contributed by atoms with Crippen LogP contribution in [0.1, 0.15) is 30.5 Å². The Balaban J connectivity index is 1.62. The maximum absolute atomic E-state index is 10.8. The third-order valence-corrected chi connectivity index (χ3v) is 4.98. The Morgan fingerprint density at radius 1 is 0.786 bits per heavy atom. The number of rotatable bonds is 6. The van der Waals surface area contributed by atoms with Crippen molar-refractivity contribution in [3.63, 3.8) is 0 Å². The first-order valence-corrected chi connectivity index (χ1v) is 9.75. The molecule has 0 N–H and O–H groups in total. The highest BCUT2D eigenvalue weighted by atomic mass is 32.2. The van der Waals surface area contributed by atoms with Crippen molar-refractivity contribution in [2.45, 2.75) is 23.6 Å². The van der Waals surface area contributed by atoms with Gasteiger partial charge in [0.2, 0.25) is 0 Å². The highest BCUT2D eigenvalue weighted by Crippen LogP contribution is 2.28. The van der Waals surface area contributed by atoms with E-state index in [9.17, 15) is 4.79 Å². The third-order valence-electron chi connectivity index (χ3n) is 3.97. The summed E-state index contributed by atoms with van der Waals surface area (Å²) in [5, 5.41) is 3.81. The Kier molecular flexibility index (Phi) is 6.82. The van der Waals surface area contributed by atoms with Gasteiger partial charge in [0.25, 0.3) is 0 Å². The molecule has 0 atom stereocenters. The third kappa shape index (κ3) is 5.96. The Labute approximate surface area is 169 Å². The number of benzene rings is 3. The normalized spacial score (nSPS) is 11.6. The van der Waals surface area contributed by atoms with Crippen molar-refractivity contribution in [2.75, 3.05) is 0 Å². The van der Waals surface area contributed by atoms with Gasteiger partial charge in [0.05, 0.1) is 5.71 Å². The van der Waals surface area contributed by atoms with Gasteiger partial charge in [-0.2, -0.15) is 0 Å². The molecule has 0 aliphatic rings. The van der Waals surface area contributed by atoms with Crippen LogP contribution >= 0.6 is 11.8 Å². The van der Waals surface area contributed by atoms with Crippen LogP contribution in [0.3, 0.4) is 0 Å². The van der Waals surface area contributed by atoms with E-state index >= 15 is 0 Å². The SMILES string of the molecule is CC(=O)ON=C(C)c1ccc(Sc2ccc(C=Cc3ccccc3)cc2)cc1. The lowest BCUT2D eigenvalue weighted by molar-refractivity contribution is -0.140. The molecule has 0 unspecified atom stereocenters. The van der Waals surface area contributed by atoms with Crippen LogP contribution in [0.25, 0.3) is 12.2 Å². The maximum atomic E-state index is 10.8. The van der Waals surface area contributed by atoms with Crippen molar-refractivity contribution < 1.29 is 9.63 Å². The zero-order valence-corrected chi connectivity index (χ0v) is 16.6. The maximum Gasteiger partial charge on any atom is 0.331 e. The van der Waals surface area contributed by atoms with Gasteiger partial charge in [0, 0.05) is 16.7 Å². The number of hydrogen-bond acceptors (Lipinski definition) is 4. The van der Waals surface area contributed by atoms with E-state index in [1.165, 1.54) is 22.9 Å². The van der Waals surface area contributed by atoms with E-state index in [2.05, 4.69) is 58.5 Å². The van der Waals surface area contributed by atoms with Crippen molar-refractivity contribution in [1.29, 1.82) is 0 Å². The van der Waals surface area contributed by atoms with Crippen LogP contribution in [0.15, 0.2) is 93.8 Å². The first-order chi connectivity index (χ1) is 13.6. The van der Waals surface area contributed by atoms with Crippen LogP contribution in [0.2, 0.25) is 0 Å². The summed E-state index contributed by atoms with van der Waals surface area (Å²) in [5.74, 6) is -0.423. The van der Waals surface area contributed by atoms with Crippen LogP contribution < -0.4 is 0 Å². The minimum atomic E-state index is -0.423. The summed E-state index contributed by atoms with van der Waals surface area (Å²) >= 11 is 1.70. The molecule has 0 saturated carbocycles. The van der Waals surface area contributed by atoms with E-state index in [0.29, 0.717) is 5.71 Å². The molecule has 28 heavy (non-hydrogen) atoms. The van der Waals surface area contributed by atoms with Crippen molar-refractivity contribution >= 4 is 35.6 Å². The Morgan fingerprint density at radius 2 is 1.32 bits per heavy atom. The Morgan fingerprint density at radius 3 is 1.89 bits per heavy atom. The van der Waals surface area contributed by atoms with Crippen LogP contribution in [-0.2, 0) is 9.63 Å². The Hall–Kier alpha value is -3.11. The summed E-state index contributed by atoms with van der Waals surface area (Å²) in [6, 6.07) is 26.8. The molecule has 0 saturated heterocycles. The number of hydrogen-bond donors (Lipinski definition) is 0. The lowest BCUT2D eigenvalue weighted by Gasteiger charge is -2.05. The van der Waals surface area contributed by atoms with Gasteiger partial charge in [-0.1, -0.05) is 83.7 Å². The lowest BCUT2D eigenvalue weighted by atomic mass is 10.1. The molecule has 0 amide bonds. The summed E-state index contributed by atoms with van der Waals surface area (Å²) in [6.07, 6.45) is 4.23. The number of oxime groups is 1. The fourth-order valence-electron chi connectivity index (χ4n) is 2.49. The summed E-state index contributed by atoms with van der Waals surface area (Å²) in [4.78, 5) is 17.8. The molecule has 4 heteroatoms. The molecule has 0 bridgehead atoms. The predicted molar refractivity (Wildman–Crippen MR) is 116 cm³/mol. The molecule has 0 radical (unpaired) electrons. The molecular weight excluding hydrogens is 366 g/mol. The molecule has 3 aromatic carbocycles. The molecule has 0 aliphatic heterocycles. The molecule has 0 spiro atoms. The molecule has 3 nitrogen and oxygen atoms in total. The smallest absolute Gasteiger partial charge is 0.318 e. The molecule has 140 valence electrons. The average Bonchev–Trinajstić information content (AvgIpc) is 2.73. The van der Waals surface area contributed by atoms with Gasteiger partial charge >= 0.3 is 5.97 Å². The van der Waals surface area contributed by atoms with Crippen molar-refractivity contribution in [1.82, 2.24) is 0 Å². The molecular formula is C24H21NO2S. The van der Waals surface area contributed by atoms with Crippen LogP contribution in [0.5, 0.6) is 0 Å². The molecule has 3 aromatic rings. The first kappa shape index (κ1) is 19.6. The number of nitrogens with zero attached hydrogens (tertiary/aromatic N) is 1. The zero-order chi connectivity index (χ0) is 19.8. The van der Waals surface area contributed by atoms with Crippen molar-refractivity contribution in [3.05, 3.63) is 95.6 Å². The largest absolute Gasteiger partial charge is 0.331 e. The van der Waals surface area contributed by atoms with Crippen LogP contribution in [0, 0.1) is 0 Å². The minimum absolute atomic E-state index is 0.423. The zero-order valence-electron chi connectivity index (χ0n) is 15.8. The second kappa shape index (κ2) is 9.72. The van der Waals surface area contributed by atoms with Crippen LogP contribution in [0.4, 0.5) is 0 Å². The summed E-state index contributed by atoms with van der Waals surface area (Å²) in [7, 11) is 0. The second-order valence-corrected chi connectivity index (χ2v) is 7.35. The van der Waals surface area contributed by atoms with E-state index in [1.54, 1.807) is 11.8 Å². The van der Waals surface area contributed by atoms with Crippen molar-refractivity contribution in [3.8, 4) is 0 Å². The number of carbonyl (C=O) groups excluding carboxylic acids is 1. The molecule has 0 aromatic heterocycles. The summed E-state index contributed by atoms with van der Waals surface area (Å²) in [5.41, 5.74) is 3.95. The van der Waals surface area contributed by atoms with Gasteiger partial charge < -0.3 is 4.84 Å². The average molecular weight is 388 g/mol. The van der Waals surface area contributed by atoms with E-state index in [4.69, 9.17) is 0 Å². The minimum Gasteiger partial charge on any atom is -0.318 e. The monoisotopic (exact) mass is 387 g/mol. The van der Waals surface area contributed by atoms with Crippen molar-refractivity contribution in [2.24, 2.45) is 5.16 Å². The van der Waals surface area contributed by atoms with Gasteiger partial charge in [0.15, 0.2) is 0 Å². The standard InChI is InChI=1S/C24H21NO2S/c1-18(25-27-19(2)26)22-12-16-24(17-13-22)28-23-14-10-21(11-15-23)9-8-20-6-4-3-5-7-20/h3-17H,1-2H3.